The quantitative estimate of drug-likeness (QED) is 0.867. The Morgan fingerprint density at radius 2 is 1.69 bits per heavy atom. The van der Waals surface area contributed by atoms with Gasteiger partial charge in [-0.25, -0.2) is 13.2 Å². The molecule has 0 unspecified atom stereocenters. The molecule has 0 aromatic heterocycles. The van der Waals surface area contributed by atoms with Crippen molar-refractivity contribution < 1.29 is 13.2 Å². The number of sulfonamides is 1. The lowest BCUT2D eigenvalue weighted by Gasteiger charge is -2.34. The Bertz CT molecular complexity index is 866. The van der Waals surface area contributed by atoms with E-state index in [1.165, 1.54) is 4.31 Å². The van der Waals surface area contributed by atoms with Crippen molar-refractivity contribution in [3.8, 4) is 0 Å². The second-order valence-electron chi connectivity index (χ2n) is 5.99. The van der Waals surface area contributed by atoms with Crippen LogP contribution in [0.5, 0.6) is 0 Å². The monoisotopic (exact) mass is 393 g/mol. The first-order valence-electron chi connectivity index (χ1n) is 8.29. The van der Waals surface area contributed by atoms with Crippen LogP contribution in [0.4, 0.5) is 4.79 Å². The van der Waals surface area contributed by atoms with E-state index in [0.717, 1.165) is 5.56 Å². The van der Waals surface area contributed by atoms with Crippen LogP contribution in [0.25, 0.3) is 0 Å². The lowest BCUT2D eigenvalue weighted by molar-refractivity contribution is 0.172. The summed E-state index contributed by atoms with van der Waals surface area (Å²) in [6, 6.07) is 15.4. The van der Waals surface area contributed by atoms with Crippen LogP contribution < -0.4 is 5.32 Å². The van der Waals surface area contributed by atoms with Crippen molar-refractivity contribution in [2.75, 3.05) is 26.2 Å². The van der Waals surface area contributed by atoms with Gasteiger partial charge in [0.1, 0.15) is 0 Å². The number of carbonyl (C=O) groups is 1. The van der Waals surface area contributed by atoms with Gasteiger partial charge in [0, 0.05) is 37.7 Å². The van der Waals surface area contributed by atoms with E-state index in [9.17, 15) is 13.2 Å². The molecule has 1 N–H and O–H groups in total. The van der Waals surface area contributed by atoms with Crippen molar-refractivity contribution in [3.05, 3.63) is 65.2 Å². The third kappa shape index (κ3) is 4.35. The molecule has 0 aliphatic carbocycles. The molecule has 6 nitrogen and oxygen atoms in total. The van der Waals surface area contributed by atoms with Gasteiger partial charge in [0.05, 0.1) is 4.90 Å². The number of piperazine rings is 1. The molecule has 0 atom stereocenters. The normalized spacial score (nSPS) is 15.7. The molecule has 1 aliphatic heterocycles. The van der Waals surface area contributed by atoms with E-state index in [1.54, 1.807) is 47.4 Å². The molecule has 2 amide bonds. The van der Waals surface area contributed by atoms with Gasteiger partial charge in [-0.3, -0.25) is 0 Å². The maximum absolute atomic E-state index is 12.6. The Morgan fingerprint density at radius 3 is 2.35 bits per heavy atom. The topological polar surface area (TPSA) is 69.7 Å². The summed E-state index contributed by atoms with van der Waals surface area (Å²) >= 11 is 5.93. The molecule has 1 aliphatic rings. The molecular formula is C18H20ClN3O3S. The Morgan fingerprint density at radius 1 is 1.00 bits per heavy atom. The van der Waals surface area contributed by atoms with Crippen molar-refractivity contribution in [1.29, 1.82) is 0 Å². The van der Waals surface area contributed by atoms with Gasteiger partial charge in [-0.1, -0.05) is 41.9 Å². The van der Waals surface area contributed by atoms with E-state index in [2.05, 4.69) is 5.32 Å². The Hall–Kier alpha value is -2.09. The molecule has 0 saturated carbocycles. The van der Waals surface area contributed by atoms with Gasteiger partial charge in [0.2, 0.25) is 10.0 Å². The molecular weight excluding hydrogens is 374 g/mol. The zero-order valence-corrected chi connectivity index (χ0v) is 15.7. The molecule has 0 radical (unpaired) electrons. The number of halogens is 1. The molecule has 1 saturated heterocycles. The second-order valence-corrected chi connectivity index (χ2v) is 8.37. The summed E-state index contributed by atoms with van der Waals surface area (Å²) < 4.78 is 26.6. The minimum atomic E-state index is -3.51. The molecule has 1 heterocycles. The van der Waals surface area contributed by atoms with Crippen LogP contribution in [0, 0.1) is 0 Å². The molecule has 0 spiro atoms. The van der Waals surface area contributed by atoms with Crippen molar-refractivity contribution in [2.24, 2.45) is 0 Å². The van der Waals surface area contributed by atoms with Crippen LogP contribution >= 0.6 is 11.6 Å². The summed E-state index contributed by atoms with van der Waals surface area (Å²) in [7, 11) is -3.51. The number of carbonyl (C=O) groups excluding carboxylic acids is 1. The van der Waals surface area contributed by atoms with Gasteiger partial charge in [-0.15, -0.1) is 0 Å². The molecule has 2 aromatic rings. The Balaban J connectivity index is 1.54. The average molecular weight is 394 g/mol. The first-order chi connectivity index (χ1) is 12.5. The van der Waals surface area contributed by atoms with Crippen LogP contribution in [-0.2, 0) is 16.6 Å². The van der Waals surface area contributed by atoms with Crippen molar-refractivity contribution in [2.45, 2.75) is 11.4 Å². The zero-order valence-electron chi connectivity index (χ0n) is 14.1. The number of nitrogens with zero attached hydrogens (tertiary/aromatic N) is 2. The number of amides is 2. The average Bonchev–Trinajstić information content (AvgIpc) is 2.67. The zero-order chi connectivity index (χ0) is 18.6. The highest BCUT2D eigenvalue weighted by Gasteiger charge is 2.29. The van der Waals surface area contributed by atoms with Crippen LogP contribution in [0.1, 0.15) is 5.56 Å². The van der Waals surface area contributed by atoms with Crippen LogP contribution in [0.2, 0.25) is 5.02 Å². The lowest BCUT2D eigenvalue weighted by atomic mass is 10.2. The fourth-order valence-electron chi connectivity index (χ4n) is 2.81. The van der Waals surface area contributed by atoms with Crippen LogP contribution in [0.15, 0.2) is 59.5 Å². The predicted molar refractivity (Wildman–Crippen MR) is 100 cm³/mol. The maximum Gasteiger partial charge on any atom is 0.317 e. The first-order valence-corrected chi connectivity index (χ1v) is 10.1. The SMILES string of the molecule is O=C(NCc1cccc(Cl)c1)N1CCN(S(=O)(=O)c2ccccc2)CC1. The Labute approximate surface area is 158 Å². The number of hydrogen-bond donors (Lipinski definition) is 1. The molecule has 138 valence electrons. The summed E-state index contributed by atoms with van der Waals surface area (Å²) in [6.45, 7) is 1.65. The van der Waals surface area contributed by atoms with E-state index in [-0.39, 0.29) is 24.0 Å². The maximum atomic E-state index is 12.6. The summed E-state index contributed by atoms with van der Waals surface area (Å²) in [5.41, 5.74) is 0.913. The molecule has 26 heavy (non-hydrogen) atoms. The highest BCUT2D eigenvalue weighted by atomic mass is 35.5. The van der Waals surface area contributed by atoms with E-state index in [4.69, 9.17) is 11.6 Å². The Kier molecular flexibility index (Phi) is 5.80. The number of urea groups is 1. The summed E-state index contributed by atoms with van der Waals surface area (Å²) in [6.07, 6.45) is 0. The number of hydrogen-bond acceptors (Lipinski definition) is 3. The van der Waals surface area contributed by atoms with E-state index in [0.29, 0.717) is 24.7 Å². The van der Waals surface area contributed by atoms with Gasteiger partial charge < -0.3 is 10.2 Å². The summed E-state index contributed by atoms with van der Waals surface area (Å²) in [5.74, 6) is 0. The van der Waals surface area contributed by atoms with Crippen molar-refractivity contribution >= 4 is 27.7 Å². The minimum absolute atomic E-state index is 0.207. The molecule has 3 rings (SSSR count). The first kappa shape index (κ1) is 18.7. The van der Waals surface area contributed by atoms with Crippen molar-refractivity contribution in [3.63, 3.8) is 0 Å². The van der Waals surface area contributed by atoms with Crippen LogP contribution in [0.3, 0.4) is 0 Å². The van der Waals surface area contributed by atoms with E-state index >= 15 is 0 Å². The van der Waals surface area contributed by atoms with Gasteiger partial charge in [0.15, 0.2) is 0 Å². The fourth-order valence-corrected chi connectivity index (χ4v) is 4.47. The van der Waals surface area contributed by atoms with Gasteiger partial charge >= 0.3 is 6.03 Å². The van der Waals surface area contributed by atoms with E-state index in [1.807, 2.05) is 12.1 Å². The van der Waals surface area contributed by atoms with Gasteiger partial charge in [0.25, 0.3) is 0 Å². The predicted octanol–water partition coefficient (Wildman–Crippen LogP) is 2.56. The fraction of sp³-hybridized carbons (Fsp3) is 0.278. The van der Waals surface area contributed by atoms with Gasteiger partial charge in [-0.2, -0.15) is 4.31 Å². The summed E-state index contributed by atoms with van der Waals surface area (Å²) in [4.78, 5) is 14.2. The van der Waals surface area contributed by atoms with E-state index < -0.39 is 10.0 Å². The van der Waals surface area contributed by atoms with Gasteiger partial charge in [-0.05, 0) is 29.8 Å². The smallest absolute Gasteiger partial charge is 0.317 e. The van der Waals surface area contributed by atoms with Crippen molar-refractivity contribution in [1.82, 2.24) is 14.5 Å². The lowest BCUT2D eigenvalue weighted by Crippen LogP contribution is -2.52. The third-order valence-electron chi connectivity index (χ3n) is 4.24. The largest absolute Gasteiger partial charge is 0.334 e. The number of nitrogens with one attached hydrogen (secondary N) is 1. The number of benzene rings is 2. The molecule has 1 fully saturated rings. The summed E-state index contributed by atoms with van der Waals surface area (Å²) in [5, 5.41) is 3.46. The standard InChI is InChI=1S/C18H20ClN3O3S/c19-16-6-4-5-15(13-16)14-20-18(23)21-9-11-22(12-10-21)26(24,25)17-7-2-1-3-8-17/h1-8,13H,9-12,14H2,(H,20,23). The minimum Gasteiger partial charge on any atom is -0.334 e. The molecule has 2 aromatic carbocycles. The highest BCUT2D eigenvalue weighted by molar-refractivity contribution is 7.89. The van der Waals surface area contributed by atoms with Crippen LogP contribution in [-0.4, -0.2) is 49.8 Å². The second kappa shape index (κ2) is 8.07. The third-order valence-corrected chi connectivity index (χ3v) is 6.39. The highest BCUT2D eigenvalue weighted by Crippen LogP contribution is 2.17. The molecule has 8 heteroatoms. The molecule has 0 bridgehead atoms. The number of rotatable bonds is 4.